The fourth-order valence-electron chi connectivity index (χ4n) is 2.96. The van der Waals surface area contributed by atoms with E-state index in [9.17, 15) is 4.79 Å². The van der Waals surface area contributed by atoms with Crippen LogP contribution in [0.3, 0.4) is 0 Å². The Morgan fingerprint density at radius 1 is 1.14 bits per heavy atom. The largest absolute Gasteiger partial charge is 0.398 e. The third kappa shape index (κ3) is 2.72. The molecule has 2 aromatic carbocycles. The SMILES string of the molecule is C[C@@H]1CN(C(=O)c2cc3ccccc3cc2N)C[C@H](C)O1. The lowest BCUT2D eigenvalue weighted by molar-refractivity contribution is -0.0585. The van der Waals surface area contributed by atoms with E-state index in [2.05, 4.69) is 0 Å². The number of nitrogens with two attached hydrogens (primary N) is 1. The molecule has 1 aliphatic heterocycles. The van der Waals surface area contributed by atoms with E-state index < -0.39 is 0 Å². The summed E-state index contributed by atoms with van der Waals surface area (Å²) in [4.78, 5) is 14.6. The van der Waals surface area contributed by atoms with E-state index in [0.29, 0.717) is 24.3 Å². The zero-order chi connectivity index (χ0) is 15.0. The number of hydrogen-bond donors (Lipinski definition) is 1. The molecule has 1 saturated heterocycles. The van der Waals surface area contributed by atoms with E-state index in [1.54, 1.807) is 0 Å². The van der Waals surface area contributed by atoms with Crippen molar-refractivity contribution >= 4 is 22.4 Å². The fourth-order valence-corrected chi connectivity index (χ4v) is 2.96. The average Bonchev–Trinajstić information content (AvgIpc) is 2.44. The van der Waals surface area contributed by atoms with Gasteiger partial charge in [-0.25, -0.2) is 0 Å². The van der Waals surface area contributed by atoms with Crippen molar-refractivity contribution in [3.63, 3.8) is 0 Å². The van der Waals surface area contributed by atoms with Gasteiger partial charge in [0.25, 0.3) is 5.91 Å². The van der Waals surface area contributed by atoms with Gasteiger partial charge in [-0.15, -0.1) is 0 Å². The van der Waals surface area contributed by atoms with Gasteiger partial charge in [0, 0.05) is 18.8 Å². The first kappa shape index (κ1) is 13.9. The van der Waals surface area contributed by atoms with Crippen molar-refractivity contribution in [1.82, 2.24) is 4.90 Å². The molecule has 1 fully saturated rings. The van der Waals surface area contributed by atoms with Gasteiger partial charge in [0.15, 0.2) is 0 Å². The van der Waals surface area contributed by atoms with Crippen LogP contribution in [0.25, 0.3) is 10.8 Å². The zero-order valence-corrected chi connectivity index (χ0v) is 12.4. The molecule has 0 saturated carbocycles. The molecule has 110 valence electrons. The van der Waals surface area contributed by atoms with E-state index in [1.165, 1.54) is 0 Å². The molecule has 2 aromatic rings. The molecule has 0 spiro atoms. The third-order valence-corrected chi connectivity index (χ3v) is 3.86. The molecule has 0 unspecified atom stereocenters. The smallest absolute Gasteiger partial charge is 0.256 e. The Morgan fingerprint density at radius 3 is 2.33 bits per heavy atom. The van der Waals surface area contributed by atoms with E-state index in [1.807, 2.05) is 55.1 Å². The highest BCUT2D eigenvalue weighted by Gasteiger charge is 2.27. The molecule has 0 radical (unpaired) electrons. The second kappa shape index (κ2) is 5.37. The summed E-state index contributed by atoms with van der Waals surface area (Å²) in [6.07, 6.45) is 0.110. The number of anilines is 1. The Hall–Kier alpha value is -2.07. The molecule has 21 heavy (non-hydrogen) atoms. The van der Waals surface area contributed by atoms with Crippen LogP contribution in [0.5, 0.6) is 0 Å². The van der Waals surface area contributed by atoms with Crippen molar-refractivity contribution in [2.45, 2.75) is 26.1 Å². The van der Waals surface area contributed by atoms with Gasteiger partial charge in [0.1, 0.15) is 0 Å². The van der Waals surface area contributed by atoms with Crippen LogP contribution >= 0.6 is 0 Å². The molecule has 4 nitrogen and oxygen atoms in total. The van der Waals surface area contributed by atoms with Gasteiger partial charge in [0.05, 0.1) is 17.8 Å². The van der Waals surface area contributed by atoms with Gasteiger partial charge in [-0.3, -0.25) is 4.79 Å². The monoisotopic (exact) mass is 284 g/mol. The quantitative estimate of drug-likeness (QED) is 0.819. The first-order valence-corrected chi connectivity index (χ1v) is 7.27. The van der Waals surface area contributed by atoms with E-state index in [-0.39, 0.29) is 18.1 Å². The highest BCUT2D eigenvalue weighted by Crippen LogP contribution is 2.24. The minimum Gasteiger partial charge on any atom is -0.398 e. The number of nitrogens with zero attached hydrogens (tertiary/aromatic N) is 1. The van der Waals surface area contributed by atoms with Crippen LogP contribution in [0, 0.1) is 0 Å². The molecule has 3 rings (SSSR count). The Bertz CT molecular complexity index is 674. The number of rotatable bonds is 1. The van der Waals surface area contributed by atoms with Crippen molar-refractivity contribution in [3.05, 3.63) is 42.0 Å². The summed E-state index contributed by atoms with van der Waals surface area (Å²) < 4.78 is 5.68. The van der Waals surface area contributed by atoms with E-state index in [4.69, 9.17) is 10.5 Å². The van der Waals surface area contributed by atoms with Crippen LogP contribution in [-0.2, 0) is 4.74 Å². The third-order valence-electron chi connectivity index (χ3n) is 3.86. The number of carbonyl (C=O) groups excluding carboxylic acids is 1. The lowest BCUT2D eigenvalue weighted by atomic mass is 10.0. The van der Waals surface area contributed by atoms with Crippen molar-refractivity contribution in [3.8, 4) is 0 Å². The molecule has 1 heterocycles. The summed E-state index contributed by atoms with van der Waals surface area (Å²) in [7, 11) is 0. The second-order valence-corrected chi connectivity index (χ2v) is 5.75. The van der Waals surface area contributed by atoms with Crippen LogP contribution in [-0.4, -0.2) is 36.1 Å². The number of morpholine rings is 1. The molecule has 0 aliphatic carbocycles. The van der Waals surface area contributed by atoms with Gasteiger partial charge < -0.3 is 15.4 Å². The second-order valence-electron chi connectivity index (χ2n) is 5.75. The molecule has 2 N–H and O–H groups in total. The van der Waals surface area contributed by atoms with Crippen molar-refractivity contribution in [2.75, 3.05) is 18.8 Å². The Morgan fingerprint density at radius 2 is 1.71 bits per heavy atom. The first-order chi connectivity index (χ1) is 10.0. The van der Waals surface area contributed by atoms with Crippen LogP contribution in [0.4, 0.5) is 5.69 Å². The van der Waals surface area contributed by atoms with Gasteiger partial charge in [-0.2, -0.15) is 0 Å². The van der Waals surface area contributed by atoms with Crippen LogP contribution in [0.1, 0.15) is 24.2 Å². The number of hydrogen-bond acceptors (Lipinski definition) is 3. The molecule has 1 aliphatic rings. The van der Waals surface area contributed by atoms with E-state index in [0.717, 1.165) is 10.8 Å². The molecule has 2 atom stereocenters. The van der Waals surface area contributed by atoms with Crippen LogP contribution < -0.4 is 5.73 Å². The van der Waals surface area contributed by atoms with Gasteiger partial charge >= 0.3 is 0 Å². The predicted octanol–water partition coefficient (Wildman–Crippen LogP) is 2.67. The summed E-state index contributed by atoms with van der Waals surface area (Å²) in [5.41, 5.74) is 7.20. The topological polar surface area (TPSA) is 55.6 Å². The minimum absolute atomic E-state index is 0.0137. The average molecular weight is 284 g/mol. The highest BCUT2D eigenvalue weighted by atomic mass is 16.5. The summed E-state index contributed by atoms with van der Waals surface area (Å²) in [5, 5.41) is 2.08. The lowest BCUT2D eigenvalue weighted by Gasteiger charge is -2.35. The van der Waals surface area contributed by atoms with Crippen molar-refractivity contribution in [1.29, 1.82) is 0 Å². The molecule has 0 bridgehead atoms. The predicted molar refractivity (Wildman–Crippen MR) is 84.3 cm³/mol. The maximum atomic E-state index is 12.7. The Kier molecular flexibility index (Phi) is 3.55. The standard InChI is InChI=1S/C17H20N2O2/c1-11-9-19(10-12(2)21-11)17(20)15-7-13-5-3-4-6-14(13)8-16(15)18/h3-8,11-12H,9-10,18H2,1-2H3/t11-,12+. The maximum absolute atomic E-state index is 12.7. The molecule has 0 aromatic heterocycles. The van der Waals surface area contributed by atoms with Gasteiger partial charge in [-0.05, 0) is 36.8 Å². The molecular formula is C17H20N2O2. The number of nitrogen functional groups attached to an aromatic ring is 1. The molecule has 4 heteroatoms. The van der Waals surface area contributed by atoms with Crippen LogP contribution in [0.15, 0.2) is 36.4 Å². The Balaban J connectivity index is 1.95. The van der Waals surface area contributed by atoms with Crippen molar-refractivity contribution < 1.29 is 9.53 Å². The maximum Gasteiger partial charge on any atom is 0.256 e. The summed E-state index contributed by atoms with van der Waals surface area (Å²) in [5.74, 6) is -0.0137. The lowest BCUT2D eigenvalue weighted by Crippen LogP contribution is -2.48. The first-order valence-electron chi connectivity index (χ1n) is 7.27. The zero-order valence-electron chi connectivity index (χ0n) is 12.4. The Labute approximate surface area is 124 Å². The van der Waals surface area contributed by atoms with Gasteiger partial charge in [0.2, 0.25) is 0 Å². The van der Waals surface area contributed by atoms with Crippen molar-refractivity contribution in [2.24, 2.45) is 0 Å². The molecular weight excluding hydrogens is 264 g/mol. The summed E-state index contributed by atoms with van der Waals surface area (Å²) >= 11 is 0. The normalized spacial score (nSPS) is 22.5. The number of fused-ring (bicyclic) bond motifs is 1. The number of carbonyl (C=O) groups is 1. The number of benzene rings is 2. The molecule has 1 amide bonds. The summed E-state index contributed by atoms with van der Waals surface area (Å²) in [6.45, 7) is 5.18. The summed E-state index contributed by atoms with van der Waals surface area (Å²) in [6, 6.07) is 11.7. The van der Waals surface area contributed by atoms with Crippen LogP contribution in [0.2, 0.25) is 0 Å². The highest BCUT2D eigenvalue weighted by molar-refractivity contribution is 6.04. The number of ether oxygens (including phenoxy) is 1. The number of amides is 1. The fraction of sp³-hybridized carbons (Fsp3) is 0.353. The van der Waals surface area contributed by atoms with E-state index >= 15 is 0 Å². The minimum atomic E-state index is -0.0137. The van der Waals surface area contributed by atoms with Gasteiger partial charge in [-0.1, -0.05) is 24.3 Å².